The molecule has 0 radical (unpaired) electrons. The average Bonchev–Trinajstić information content (AvgIpc) is 3.35. The van der Waals surface area contributed by atoms with Crippen LogP contribution in [0.1, 0.15) is 38.6 Å². The molecule has 2 aromatic heterocycles. The van der Waals surface area contributed by atoms with Gasteiger partial charge in [-0.05, 0) is 32.0 Å². The van der Waals surface area contributed by atoms with Crippen LogP contribution in [0.3, 0.4) is 0 Å². The van der Waals surface area contributed by atoms with Gasteiger partial charge in [-0.25, -0.2) is 4.79 Å². The highest BCUT2D eigenvalue weighted by atomic mass is 16.7. The molecule has 0 fully saturated rings. The van der Waals surface area contributed by atoms with Gasteiger partial charge in [0.15, 0.2) is 6.79 Å². The molecule has 0 amide bonds. The van der Waals surface area contributed by atoms with E-state index in [1.54, 1.807) is 12.3 Å². The standard InChI is InChI=1S/C21H20N2O7/c1-13-6-19(14(2)22(13)9-18-4-3-5-28-18)21(24)29-11-16-8-17(23(25)26)7-15-10-27-12-30-20(15)16/h3-8H,9-12H2,1-2H3. The summed E-state index contributed by atoms with van der Waals surface area (Å²) in [6.45, 7) is 4.33. The van der Waals surface area contributed by atoms with Crippen LogP contribution in [-0.2, 0) is 29.2 Å². The number of furan rings is 1. The molecule has 0 saturated carbocycles. The summed E-state index contributed by atoms with van der Waals surface area (Å²) >= 11 is 0. The van der Waals surface area contributed by atoms with Crippen molar-refractivity contribution < 1.29 is 28.3 Å². The third-order valence-corrected chi connectivity index (χ3v) is 5.03. The summed E-state index contributed by atoms with van der Waals surface area (Å²) in [6, 6.07) is 8.20. The Hall–Kier alpha value is -3.59. The van der Waals surface area contributed by atoms with E-state index in [9.17, 15) is 14.9 Å². The van der Waals surface area contributed by atoms with E-state index in [0.717, 1.165) is 17.1 Å². The lowest BCUT2D eigenvalue weighted by Crippen LogP contribution is -2.15. The van der Waals surface area contributed by atoms with Gasteiger partial charge in [0.2, 0.25) is 0 Å². The van der Waals surface area contributed by atoms with Gasteiger partial charge in [0, 0.05) is 34.6 Å². The summed E-state index contributed by atoms with van der Waals surface area (Å²) in [4.78, 5) is 23.5. The van der Waals surface area contributed by atoms with Crippen LogP contribution in [0.25, 0.3) is 0 Å². The predicted octanol–water partition coefficient (Wildman–Crippen LogP) is 3.88. The van der Waals surface area contributed by atoms with Crippen molar-refractivity contribution in [3.05, 3.63) is 80.5 Å². The van der Waals surface area contributed by atoms with Crippen molar-refractivity contribution >= 4 is 11.7 Å². The van der Waals surface area contributed by atoms with E-state index in [-0.39, 0.29) is 25.7 Å². The third-order valence-electron chi connectivity index (χ3n) is 5.03. The van der Waals surface area contributed by atoms with E-state index >= 15 is 0 Å². The number of rotatable bonds is 6. The fraction of sp³-hybridized carbons (Fsp3) is 0.286. The maximum atomic E-state index is 12.7. The zero-order valence-corrected chi connectivity index (χ0v) is 16.5. The van der Waals surface area contributed by atoms with Gasteiger partial charge in [0.05, 0.1) is 29.9 Å². The molecule has 0 unspecified atom stereocenters. The van der Waals surface area contributed by atoms with Crippen molar-refractivity contribution in [2.75, 3.05) is 6.79 Å². The Balaban J connectivity index is 1.54. The number of aromatic nitrogens is 1. The van der Waals surface area contributed by atoms with Gasteiger partial charge in [-0.1, -0.05) is 0 Å². The first kappa shape index (κ1) is 19.7. The first-order valence-electron chi connectivity index (χ1n) is 9.31. The Kier molecular flexibility index (Phi) is 5.28. The highest BCUT2D eigenvalue weighted by Crippen LogP contribution is 2.33. The number of hydrogen-bond donors (Lipinski definition) is 0. The average molecular weight is 412 g/mol. The Bertz CT molecular complexity index is 1100. The largest absolute Gasteiger partial charge is 0.467 e. The zero-order valence-electron chi connectivity index (χ0n) is 16.5. The summed E-state index contributed by atoms with van der Waals surface area (Å²) in [5, 5.41) is 11.2. The van der Waals surface area contributed by atoms with Gasteiger partial charge >= 0.3 is 5.97 Å². The van der Waals surface area contributed by atoms with Crippen molar-refractivity contribution in [2.24, 2.45) is 0 Å². The van der Waals surface area contributed by atoms with E-state index < -0.39 is 10.9 Å². The number of carbonyl (C=O) groups excluding carboxylic acids is 1. The molecule has 9 heteroatoms. The number of fused-ring (bicyclic) bond motifs is 1. The van der Waals surface area contributed by atoms with E-state index in [1.807, 2.05) is 30.5 Å². The maximum absolute atomic E-state index is 12.7. The maximum Gasteiger partial charge on any atom is 0.340 e. The monoisotopic (exact) mass is 412 g/mol. The molecule has 0 spiro atoms. The summed E-state index contributed by atoms with van der Waals surface area (Å²) < 4.78 is 23.5. The van der Waals surface area contributed by atoms with Crippen molar-refractivity contribution in [3.8, 4) is 5.75 Å². The number of nitro benzene ring substituents is 1. The number of carbonyl (C=O) groups is 1. The molecule has 0 atom stereocenters. The Morgan fingerprint density at radius 3 is 2.87 bits per heavy atom. The van der Waals surface area contributed by atoms with E-state index in [2.05, 4.69) is 0 Å². The predicted molar refractivity (Wildman–Crippen MR) is 104 cm³/mol. The summed E-state index contributed by atoms with van der Waals surface area (Å²) in [7, 11) is 0. The second kappa shape index (κ2) is 8.03. The number of hydrogen-bond acceptors (Lipinski definition) is 7. The number of benzene rings is 1. The Morgan fingerprint density at radius 2 is 2.13 bits per heavy atom. The SMILES string of the molecule is Cc1cc(C(=O)OCc2cc([N+](=O)[O-])cc3c2OCOC3)c(C)n1Cc1ccco1. The molecular weight excluding hydrogens is 392 g/mol. The molecule has 0 aliphatic carbocycles. The lowest BCUT2D eigenvalue weighted by molar-refractivity contribution is -0.385. The fourth-order valence-corrected chi connectivity index (χ4v) is 3.52. The molecule has 0 N–H and O–H groups in total. The quantitative estimate of drug-likeness (QED) is 0.344. The lowest BCUT2D eigenvalue weighted by atomic mass is 10.1. The van der Waals surface area contributed by atoms with E-state index in [0.29, 0.717) is 29.0 Å². The van der Waals surface area contributed by atoms with Gasteiger partial charge in [0.1, 0.15) is 18.1 Å². The molecule has 3 heterocycles. The number of non-ortho nitro benzene ring substituents is 1. The van der Waals surface area contributed by atoms with Crippen LogP contribution in [0.5, 0.6) is 5.75 Å². The minimum Gasteiger partial charge on any atom is -0.467 e. The molecule has 3 aromatic rings. The molecule has 156 valence electrons. The van der Waals surface area contributed by atoms with Crippen molar-refractivity contribution in [1.82, 2.24) is 4.57 Å². The van der Waals surface area contributed by atoms with Crippen LogP contribution in [0.15, 0.2) is 41.0 Å². The van der Waals surface area contributed by atoms with Crippen LogP contribution >= 0.6 is 0 Å². The number of nitro groups is 1. The first-order valence-corrected chi connectivity index (χ1v) is 9.31. The molecular formula is C21H20N2O7. The van der Waals surface area contributed by atoms with Crippen LogP contribution < -0.4 is 4.74 Å². The second-order valence-corrected chi connectivity index (χ2v) is 6.99. The van der Waals surface area contributed by atoms with Gasteiger partial charge in [-0.2, -0.15) is 0 Å². The number of ether oxygens (including phenoxy) is 3. The summed E-state index contributed by atoms with van der Waals surface area (Å²) in [5.74, 6) is 0.725. The Morgan fingerprint density at radius 1 is 1.30 bits per heavy atom. The number of esters is 1. The molecule has 9 nitrogen and oxygen atoms in total. The van der Waals surface area contributed by atoms with Gasteiger partial charge in [-0.15, -0.1) is 0 Å². The fourth-order valence-electron chi connectivity index (χ4n) is 3.52. The lowest BCUT2D eigenvalue weighted by Gasteiger charge is -2.20. The summed E-state index contributed by atoms with van der Waals surface area (Å²) in [6.07, 6.45) is 1.60. The molecule has 1 aliphatic heterocycles. The van der Waals surface area contributed by atoms with Crippen molar-refractivity contribution in [2.45, 2.75) is 33.6 Å². The minimum atomic E-state index is -0.513. The third kappa shape index (κ3) is 3.79. The van der Waals surface area contributed by atoms with Gasteiger partial charge in [-0.3, -0.25) is 10.1 Å². The van der Waals surface area contributed by atoms with Crippen LogP contribution in [-0.4, -0.2) is 22.3 Å². The normalized spacial score (nSPS) is 12.9. The Labute approximate surface area is 171 Å². The highest BCUT2D eigenvalue weighted by molar-refractivity contribution is 5.91. The molecule has 4 rings (SSSR count). The van der Waals surface area contributed by atoms with E-state index in [1.165, 1.54) is 12.1 Å². The number of aryl methyl sites for hydroxylation is 1. The molecule has 1 aromatic carbocycles. The van der Waals surface area contributed by atoms with Crippen molar-refractivity contribution in [1.29, 1.82) is 0 Å². The summed E-state index contributed by atoms with van der Waals surface area (Å²) in [5.41, 5.74) is 2.95. The second-order valence-electron chi connectivity index (χ2n) is 6.99. The van der Waals surface area contributed by atoms with Crippen LogP contribution in [0.2, 0.25) is 0 Å². The molecule has 30 heavy (non-hydrogen) atoms. The van der Waals surface area contributed by atoms with Gasteiger partial charge < -0.3 is 23.2 Å². The topological polar surface area (TPSA) is 106 Å². The number of nitrogens with zero attached hydrogens (tertiary/aromatic N) is 2. The smallest absolute Gasteiger partial charge is 0.340 e. The zero-order chi connectivity index (χ0) is 21.3. The van der Waals surface area contributed by atoms with Crippen LogP contribution in [0, 0.1) is 24.0 Å². The molecule has 0 saturated heterocycles. The minimum absolute atomic E-state index is 0.0414. The molecule has 1 aliphatic rings. The first-order chi connectivity index (χ1) is 14.4. The molecule has 0 bridgehead atoms. The van der Waals surface area contributed by atoms with Gasteiger partial charge in [0.25, 0.3) is 5.69 Å². The van der Waals surface area contributed by atoms with E-state index in [4.69, 9.17) is 18.6 Å². The van der Waals surface area contributed by atoms with Crippen LogP contribution in [0.4, 0.5) is 5.69 Å². The highest BCUT2D eigenvalue weighted by Gasteiger charge is 2.23. The van der Waals surface area contributed by atoms with Crippen molar-refractivity contribution in [3.63, 3.8) is 0 Å².